The number of hydrogen-bond donors (Lipinski definition) is 1. The average molecular weight is 171 g/mol. The van der Waals surface area contributed by atoms with Gasteiger partial charge in [0.05, 0.1) is 0 Å². The van der Waals surface area contributed by atoms with E-state index >= 15 is 0 Å². The highest BCUT2D eigenvalue weighted by Crippen LogP contribution is 2.00. The number of nitrogens with two attached hydrogens (primary N) is 1. The molecule has 68 valence electrons. The van der Waals surface area contributed by atoms with Crippen LogP contribution in [0.3, 0.4) is 0 Å². The van der Waals surface area contributed by atoms with Gasteiger partial charge in [-0.2, -0.15) is 0 Å². The smallest absolute Gasteiger partial charge is 0.314 e. The molecule has 1 rings (SSSR count). The Labute approximate surface area is 71.1 Å². The van der Waals surface area contributed by atoms with Crippen molar-refractivity contribution >= 4 is 11.9 Å². The van der Waals surface area contributed by atoms with Gasteiger partial charge >= 0.3 is 6.03 Å². The van der Waals surface area contributed by atoms with E-state index in [0.29, 0.717) is 26.2 Å². The predicted molar refractivity (Wildman–Crippen MR) is 43.4 cm³/mol. The highest BCUT2D eigenvalue weighted by atomic mass is 16.2. The molecular weight excluding hydrogens is 158 g/mol. The van der Waals surface area contributed by atoms with Crippen LogP contribution in [0.25, 0.3) is 0 Å². The SMILES string of the molecule is CC(=O)N1CCN(C(N)=O)CC1. The lowest BCUT2D eigenvalue weighted by Gasteiger charge is -2.32. The molecule has 1 saturated heterocycles. The normalized spacial score (nSPS) is 17.8. The highest BCUT2D eigenvalue weighted by molar-refractivity contribution is 5.75. The van der Waals surface area contributed by atoms with Crippen LogP contribution in [0.15, 0.2) is 0 Å². The Kier molecular flexibility index (Phi) is 2.52. The topological polar surface area (TPSA) is 66.6 Å². The van der Waals surface area contributed by atoms with E-state index in [0.717, 1.165) is 0 Å². The number of rotatable bonds is 0. The number of hydrogen-bond acceptors (Lipinski definition) is 2. The lowest BCUT2D eigenvalue weighted by Crippen LogP contribution is -2.51. The second kappa shape index (κ2) is 3.42. The summed E-state index contributed by atoms with van der Waals surface area (Å²) in [5.41, 5.74) is 5.07. The van der Waals surface area contributed by atoms with Gasteiger partial charge in [0.15, 0.2) is 0 Å². The third kappa shape index (κ3) is 1.87. The second-order valence-electron chi connectivity index (χ2n) is 2.83. The number of primary amides is 1. The predicted octanol–water partition coefficient (Wildman–Crippen LogP) is -0.771. The number of amides is 3. The van der Waals surface area contributed by atoms with Crippen LogP contribution < -0.4 is 5.73 Å². The van der Waals surface area contributed by atoms with Crippen LogP contribution in [0.2, 0.25) is 0 Å². The number of carbonyl (C=O) groups excluding carboxylic acids is 2. The van der Waals surface area contributed by atoms with E-state index < -0.39 is 6.03 Å². The Bertz CT molecular complexity index is 175. The average Bonchev–Trinajstić information content (AvgIpc) is 2.04. The van der Waals surface area contributed by atoms with Gasteiger partial charge in [-0.05, 0) is 0 Å². The largest absolute Gasteiger partial charge is 0.351 e. The zero-order valence-corrected chi connectivity index (χ0v) is 7.12. The fraction of sp³-hybridized carbons (Fsp3) is 0.714. The van der Waals surface area contributed by atoms with E-state index in [4.69, 9.17) is 5.73 Å². The molecule has 5 heteroatoms. The van der Waals surface area contributed by atoms with Crippen molar-refractivity contribution < 1.29 is 9.59 Å². The van der Waals surface area contributed by atoms with Gasteiger partial charge in [-0.15, -0.1) is 0 Å². The number of urea groups is 1. The first-order valence-corrected chi connectivity index (χ1v) is 3.91. The van der Waals surface area contributed by atoms with E-state index in [9.17, 15) is 9.59 Å². The molecule has 0 unspecified atom stereocenters. The Hall–Kier alpha value is -1.26. The molecule has 1 aliphatic rings. The summed E-state index contributed by atoms with van der Waals surface area (Å²) in [6.45, 7) is 3.82. The van der Waals surface area contributed by atoms with Gasteiger partial charge in [0.2, 0.25) is 5.91 Å². The molecule has 12 heavy (non-hydrogen) atoms. The highest BCUT2D eigenvalue weighted by Gasteiger charge is 2.19. The summed E-state index contributed by atoms with van der Waals surface area (Å²) in [6, 6.07) is -0.404. The first-order valence-electron chi connectivity index (χ1n) is 3.91. The molecule has 0 aromatic rings. The number of piperazine rings is 1. The molecule has 0 aromatic carbocycles. The molecule has 0 atom stereocenters. The van der Waals surface area contributed by atoms with Crippen molar-refractivity contribution in [1.82, 2.24) is 9.80 Å². The van der Waals surface area contributed by atoms with Crippen LogP contribution in [0.4, 0.5) is 4.79 Å². The van der Waals surface area contributed by atoms with Crippen LogP contribution in [0, 0.1) is 0 Å². The molecular formula is C7H13N3O2. The Balaban J connectivity index is 2.39. The fourth-order valence-electron chi connectivity index (χ4n) is 1.24. The molecule has 0 saturated carbocycles. The van der Waals surface area contributed by atoms with Crippen LogP contribution in [-0.4, -0.2) is 47.9 Å². The molecule has 1 aliphatic heterocycles. The standard InChI is InChI=1S/C7H13N3O2/c1-6(11)9-2-4-10(5-3-9)7(8)12/h2-5H2,1H3,(H2,8,12). The van der Waals surface area contributed by atoms with Gasteiger partial charge in [0.25, 0.3) is 0 Å². The minimum absolute atomic E-state index is 0.0547. The lowest BCUT2D eigenvalue weighted by molar-refractivity contribution is -0.130. The van der Waals surface area contributed by atoms with Gasteiger partial charge in [0, 0.05) is 33.1 Å². The molecule has 1 fully saturated rings. The zero-order valence-electron chi connectivity index (χ0n) is 7.12. The van der Waals surface area contributed by atoms with Crippen LogP contribution in [0.1, 0.15) is 6.92 Å². The Morgan fingerprint density at radius 1 is 1.08 bits per heavy atom. The maximum atomic E-state index is 10.9. The second-order valence-corrected chi connectivity index (χ2v) is 2.83. The van der Waals surface area contributed by atoms with Crippen molar-refractivity contribution in [3.05, 3.63) is 0 Å². The zero-order chi connectivity index (χ0) is 9.14. The minimum Gasteiger partial charge on any atom is -0.351 e. The minimum atomic E-state index is -0.404. The van der Waals surface area contributed by atoms with Crippen molar-refractivity contribution in [2.24, 2.45) is 5.73 Å². The Morgan fingerprint density at radius 2 is 1.50 bits per heavy atom. The van der Waals surface area contributed by atoms with Crippen molar-refractivity contribution in [2.75, 3.05) is 26.2 Å². The number of nitrogens with zero attached hydrogens (tertiary/aromatic N) is 2. The van der Waals surface area contributed by atoms with E-state index in [1.54, 1.807) is 9.80 Å². The molecule has 0 aromatic heterocycles. The molecule has 0 aliphatic carbocycles. The summed E-state index contributed by atoms with van der Waals surface area (Å²) < 4.78 is 0. The quantitative estimate of drug-likeness (QED) is 0.520. The summed E-state index contributed by atoms with van der Waals surface area (Å²) in [5, 5.41) is 0. The molecule has 1 heterocycles. The molecule has 5 nitrogen and oxygen atoms in total. The fourth-order valence-corrected chi connectivity index (χ4v) is 1.24. The third-order valence-corrected chi connectivity index (χ3v) is 2.04. The number of carbonyl (C=O) groups is 2. The van der Waals surface area contributed by atoms with Crippen molar-refractivity contribution in [3.63, 3.8) is 0 Å². The van der Waals surface area contributed by atoms with Gasteiger partial charge in [-0.25, -0.2) is 4.79 Å². The van der Waals surface area contributed by atoms with Crippen molar-refractivity contribution in [1.29, 1.82) is 0 Å². The van der Waals surface area contributed by atoms with Gasteiger partial charge in [0.1, 0.15) is 0 Å². The monoisotopic (exact) mass is 171 g/mol. The molecule has 2 N–H and O–H groups in total. The maximum Gasteiger partial charge on any atom is 0.314 e. The van der Waals surface area contributed by atoms with Crippen LogP contribution >= 0.6 is 0 Å². The molecule has 0 radical (unpaired) electrons. The summed E-state index contributed by atoms with van der Waals surface area (Å²) in [5.74, 6) is 0.0547. The van der Waals surface area contributed by atoms with Gasteiger partial charge in [-0.1, -0.05) is 0 Å². The van der Waals surface area contributed by atoms with Crippen LogP contribution in [-0.2, 0) is 4.79 Å². The van der Waals surface area contributed by atoms with E-state index in [2.05, 4.69) is 0 Å². The Morgan fingerprint density at radius 3 is 1.83 bits per heavy atom. The summed E-state index contributed by atoms with van der Waals surface area (Å²) in [4.78, 5) is 24.8. The first kappa shape index (κ1) is 8.83. The molecule has 0 bridgehead atoms. The van der Waals surface area contributed by atoms with E-state index in [1.807, 2.05) is 0 Å². The lowest BCUT2D eigenvalue weighted by atomic mass is 10.3. The first-order chi connectivity index (χ1) is 5.61. The summed E-state index contributed by atoms with van der Waals surface area (Å²) in [6.07, 6.45) is 0. The maximum absolute atomic E-state index is 10.9. The van der Waals surface area contributed by atoms with Gasteiger partial charge < -0.3 is 15.5 Å². The van der Waals surface area contributed by atoms with E-state index in [1.165, 1.54) is 6.92 Å². The summed E-state index contributed by atoms with van der Waals surface area (Å²) in [7, 11) is 0. The van der Waals surface area contributed by atoms with Gasteiger partial charge in [-0.3, -0.25) is 4.79 Å². The molecule has 0 spiro atoms. The van der Waals surface area contributed by atoms with Crippen molar-refractivity contribution in [2.45, 2.75) is 6.92 Å². The van der Waals surface area contributed by atoms with Crippen molar-refractivity contribution in [3.8, 4) is 0 Å². The third-order valence-electron chi connectivity index (χ3n) is 2.04. The van der Waals surface area contributed by atoms with E-state index in [-0.39, 0.29) is 5.91 Å². The van der Waals surface area contributed by atoms with Crippen LogP contribution in [0.5, 0.6) is 0 Å². The summed E-state index contributed by atoms with van der Waals surface area (Å²) >= 11 is 0. The molecule has 3 amide bonds.